The fourth-order valence-electron chi connectivity index (χ4n) is 4.50. The van der Waals surface area contributed by atoms with Crippen LogP contribution in [0.1, 0.15) is 29.7 Å². The van der Waals surface area contributed by atoms with Gasteiger partial charge in [-0.2, -0.15) is 0 Å². The zero-order chi connectivity index (χ0) is 19.8. The van der Waals surface area contributed by atoms with Crippen molar-refractivity contribution >= 4 is 27.5 Å². The first kappa shape index (κ1) is 18.6. The lowest BCUT2D eigenvalue weighted by molar-refractivity contribution is -0.655. The van der Waals surface area contributed by atoms with E-state index in [1.165, 1.54) is 23.3 Å². The van der Waals surface area contributed by atoms with Gasteiger partial charge in [-0.1, -0.05) is 6.42 Å². The molecule has 2 aliphatic rings. The largest absolute Gasteiger partial charge is 0.497 e. The van der Waals surface area contributed by atoms with Crippen molar-refractivity contribution in [3.63, 3.8) is 0 Å². The molecule has 2 N–H and O–H groups in total. The molecule has 0 bridgehead atoms. The second-order valence-corrected chi connectivity index (χ2v) is 8.93. The van der Waals surface area contributed by atoms with E-state index in [2.05, 4.69) is 10.2 Å². The summed E-state index contributed by atoms with van der Waals surface area (Å²) >= 11 is 1.74. The number of hydrogen-bond donors (Lipinski definition) is 1. The first-order valence-electron chi connectivity index (χ1n) is 10.5. The minimum atomic E-state index is 0.0733. The van der Waals surface area contributed by atoms with Gasteiger partial charge in [-0.25, -0.2) is 9.55 Å². The van der Waals surface area contributed by atoms with E-state index in [0.29, 0.717) is 0 Å². The highest BCUT2D eigenvalue weighted by molar-refractivity contribution is 7.18. The number of rotatable bonds is 3. The van der Waals surface area contributed by atoms with Crippen molar-refractivity contribution in [3.05, 3.63) is 45.1 Å². The number of ether oxygens (including phenoxy) is 1. The number of nitrogens with zero attached hydrogens (tertiary/aromatic N) is 3. The van der Waals surface area contributed by atoms with E-state index in [1.807, 2.05) is 28.8 Å². The van der Waals surface area contributed by atoms with Crippen molar-refractivity contribution in [1.82, 2.24) is 9.55 Å². The maximum absolute atomic E-state index is 13.9. The highest BCUT2D eigenvalue weighted by Gasteiger charge is 2.25. The third kappa shape index (κ3) is 3.32. The molecule has 3 aromatic rings. The minimum Gasteiger partial charge on any atom is -0.497 e. The van der Waals surface area contributed by atoms with Gasteiger partial charge < -0.3 is 15.0 Å². The number of anilines is 1. The van der Waals surface area contributed by atoms with Gasteiger partial charge in [-0.3, -0.25) is 4.79 Å². The Bertz CT molecular complexity index is 1080. The van der Waals surface area contributed by atoms with Crippen LogP contribution in [0.15, 0.2) is 29.1 Å². The molecule has 1 aliphatic heterocycles. The molecule has 0 spiro atoms. The number of benzene rings is 1. The summed E-state index contributed by atoms with van der Waals surface area (Å²) < 4.78 is 7.14. The van der Waals surface area contributed by atoms with Crippen LogP contribution in [0, 0.1) is 0 Å². The summed E-state index contributed by atoms with van der Waals surface area (Å²) in [4.78, 5) is 23.5. The Morgan fingerprint density at radius 1 is 1.07 bits per heavy atom. The van der Waals surface area contributed by atoms with Crippen LogP contribution in [0.4, 0.5) is 5.95 Å². The van der Waals surface area contributed by atoms with Crippen molar-refractivity contribution in [2.45, 2.75) is 32.1 Å². The Labute approximate surface area is 174 Å². The number of nitrogens with two attached hydrogens (primary N) is 1. The smallest absolute Gasteiger partial charge is 0.268 e. The summed E-state index contributed by atoms with van der Waals surface area (Å²) in [5.74, 6) is 1.56. The number of hydrogen-bond acceptors (Lipinski definition) is 5. The lowest BCUT2D eigenvalue weighted by Crippen LogP contribution is -2.90. The molecule has 2 aromatic heterocycles. The van der Waals surface area contributed by atoms with E-state index in [0.717, 1.165) is 73.0 Å². The van der Waals surface area contributed by atoms with Gasteiger partial charge in [0.1, 0.15) is 10.6 Å². The lowest BCUT2D eigenvalue weighted by atomic mass is 10.1. The van der Waals surface area contributed by atoms with Crippen LogP contribution in [0.3, 0.4) is 0 Å². The van der Waals surface area contributed by atoms with Gasteiger partial charge in [0, 0.05) is 4.88 Å². The third-order valence-corrected chi connectivity index (χ3v) is 7.23. The molecule has 1 saturated heterocycles. The number of aromatic nitrogens is 2. The Hall–Kier alpha value is -2.38. The molecule has 0 atom stereocenters. The van der Waals surface area contributed by atoms with E-state index in [1.54, 1.807) is 18.4 Å². The van der Waals surface area contributed by atoms with Crippen LogP contribution in [-0.2, 0) is 12.8 Å². The van der Waals surface area contributed by atoms with Gasteiger partial charge in [0.15, 0.2) is 0 Å². The SMILES string of the molecule is COc1ccc(-n2c(N3CC[NH2+]CC3)nc3sc4c(c3c2=O)CCCCC4)cc1. The highest BCUT2D eigenvalue weighted by atomic mass is 32.1. The van der Waals surface area contributed by atoms with E-state index >= 15 is 0 Å². The van der Waals surface area contributed by atoms with Crippen LogP contribution in [0.2, 0.25) is 0 Å². The van der Waals surface area contributed by atoms with Crippen LogP contribution in [0.5, 0.6) is 5.75 Å². The second-order valence-electron chi connectivity index (χ2n) is 7.85. The predicted octanol–water partition coefficient (Wildman–Crippen LogP) is 2.11. The van der Waals surface area contributed by atoms with Gasteiger partial charge in [0.05, 0.1) is 44.4 Å². The average Bonchev–Trinajstić information content (AvgIpc) is 2.96. The molecule has 29 heavy (non-hydrogen) atoms. The van der Waals surface area contributed by atoms with Gasteiger partial charge in [0.2, 0.25) is 5.95 Å². The quantitative estimate of drug-likeness (QED) is 0.671. The van der Waals surface area contributed by atoms with Crippen molar-refractivity contribution < 1.29 is 10.1 Å². The fraction of sp³-hybridized carbons (Fsp3) is 0.455. The fourth-order valence-corrected chi connectivity index (χ4v) is 5.74. The van der Waals surface area contributed by atoms with Crippen molar-refractivity contribution in [1.29, 1.82) is 0 Å². The lowest BCUT2D eigenvalue weighted by Gasteiger charge is -2.28. The van der Waals surface area contributed by atoms with E-state index in [9.17, 15) is 4.79 Å². The normalized spacial score (nSPS) is 17.2. The maximum atomic E-state index is 13.9. The number of aryl methyl sites for hydroxylation is 2. The minimum absolute atomic E-state index is 0.0733. The van der Waals surface area contributed by atoms with Crippen molar-refractivity contribution in [2.75, 3.05) is 38.2 Å². The number of quaternary nitrogens is 1. The standard InChI is InChI=1S/C22H26N4O2S/c1-28-16-9-7-15(8-10-16)26-21(27)19-17-5-3-2-4-6-18(17)29-20(19)24-22(26)25-13-11-23-12-14-25/h7-10,23H,2-6,11-14H2,1H3/p+1. The van der Waals surface area contributed by atoms with Crippen molar-refractivity contribution in [3.8, 4) is 11.4 Å². The van der Waals surface area contributed by atoms with E-state index < -0.39 is 0 Å². The van der Waals surface area contributed by atoms with Crippen molar-refractivity contribution in [2.24, 2.45) is 0 Å². The van der Waals surface area contributed by atoms with Gasteiger partial charge in [-0.15, -0.1) is 11.3 Å². The molecule has 1 fully saturated rings. The summed E-state index contributed by atoms with van der Waals surface area (Å²) in [6.45, 7) is 3.85. The summed E-state index contributed by atoms with van der Waals surface area (Å²) in [6, 6.07) is 7.73. The molecule has 1 aliphatic carbocycles. The molecular weight excluding hydrogens is 384 g/mol. The third-order valence-electron chi connectivity index (χ3n) is 6.04. The molecule has 0 amide bonds. The Kier molecular flexibility index (Phi) is 5.01. The summed E-state index contributed by atoms with van der Waals surface area (Å²) in [5, 5.41) is 3.16. The number of methoxy groups -OCH3 is 1. The Balaban J connectivity index is 1.75. The topological polar surface area (TPSA) is 64.0 Å². The molecule has 7 heteroatoms. The zero-order valence-electron chi connectivity index (χ0n) is 16.8. The average molecular weight is 412 g/mol. The Morgan fingerprint density at radius 3 is 2.59 bits per heavy atom. The van der Waals surface area contributed by atoms with E-state index in [-0.39, 0.29) is 5.56 Å². The molecule has 3 heterocycles. The maximum Gasteiger partial charge on any atom is 0.268 e. The molecular formula is C22H27N4O2S+. The summed E-state index contributed by atoms with van der Waals surface area (Å²) in [7, 11) is 1.66. The molecule has 5 rings (SSSR count). The Morgan fingerprint density at radius 2 is 1.83 bits per heavy atom. The molecule has 0 unspecified atom stereocenters. The predicted molar refractivity (Wildman–Crippen MR) is 117 cm³/mol. The summed E-state index contributed by atoms with van der Waals surface area (Å²) in [5.41, 5.74) is 2.17. The van der Waals surface area contributed by atoms with Crippen LogP contribution in [-0.4, -0.2) is 42.8 Å². The molecule has 6 nitrogen and oxygen atoms in total. The number of thiophene rings is 1. The first-order valence-corrected chi connectivity index (χ1v) is 11.4. The first-order chi connectivity index (χ1) is 14.3. The van der Waals surface area contributed by atoms with Crippen LogP contribution in [0.25, 0.3) is 15.9 Å². The highest BCUT2D eigenvalue weighted by Crippen LogP contribution is 2.34. The van der Waals surface area contributed by atoms with Gasteiger partial charge >= 0.3 is 0 Å². The zero-order valence-corrected chi connectivity index (χ0v) is 17.6. The van der Waals surface area contributed by atoms with Crippen LogP contribution < -0.4 is 20.5 Å². The van der Waals surface area contributed by atoms with Gasteiger partial charge in [-0.05, 0) is 55.5 Å². The molecule has 0 radical (unpaired) electrons. The summed E-state index contributed by atoms with van der Waals surface area (Å²) in [6.07, 6.45) is 5.68. The van der Waals surface area contributed by atoms with E-state index in [4.69, 9.17) is 9.72 Å². The number of fused-ring (bicyclic) bond motifs is 3. The molecule has 152 valence electrons. The molecule has 1 aromatic carbocycles. The number of piperazine rings is 1. The van der Waals surface area contributed by atoms with Gasteiger partial charge in [0.25, 0.3) is 5.56 Å². The monoisotopic (exact) mass is 411 g/mol. The molecule has 0 saturated carbocycles. The second kappa shape index (κ2) is 7.80. The van der Waals surface area contributed by atoms with Crippen LogP contribution >= 0.6 is 11.3 Å².